The van der Waals surface area contributed by atoms with Crippen molar-refractivity contribution < 1.29 is 14.8 Å². The summed E-state index contributed by atoms with van der Waals surface area (Å²) >= 11 is 11.8. The van der Waals surface area contributed by atoms with Crippen molar-refractivity contribution in [1.82, 2.24) is 0 Å². The second kappa shape index (κ2) is 6.64. The summed E-state index contributed by atoms with van der Waals surface area (Å²) in [6.45, 7) is 0. The predicted molar refractivity (Wildman–Crippen MR) is 82.8 cm³/mol. The number of ether oxygens (including phenoxy) is 1. The number of benzene rings is 2. The van der Waals surface area contributed by atoms with Crippen molar-refractivity contribution in [1.29, 1.82) is 0 Å². The van der Waals surface area contributed by atoms with Crippen LogP contribution in [0.5, 0.6) is 11.5 Å². The number of nitro benzene ring substituents is 1. The van der Waals surface area contributed by atoms with Crippen LogP contribution in [0.25, 0.3) is 0 Å². The average molecular weight is 340 g/mol. The zero-order valence-corrected chi connectivity index (χ0v) is 12.8. The molecule has 0 saturated heterocycles. The molecule has 0 aliphatic carbocycles. The molecule has 0 aromatic heterocycles. The Labute approximate surface area is 135 Å². The standard InChI is InChI=1S/C14H10Cl2N2O4/c1-22-12-6-9(18(20)21)5-8(14(12)19)7-17-11-4-2-3-10(15)13(11)16/h2-7,19H,1H3/p-1. The van der Waals surface area contributed by atoms with Crippen molar-refractivity contribution in [2.75, 3.05) is 7.11 Å². The maximum Gasteiger partial charge on any atom is 0.273 e. The molecule has 0 radical (unpaired) electrons. The van der Waals surface area contributed by atoms with E-state index in [1.807, 2.05) is 0 Å². The fourth-order valence-corrected chi connectivity index (χ4v) is 2.04. The molecule has 0 saturated carbocycles. The molecule has 0 N–H and O–H groups in total. The topological polar surface area (TPSA) is 87.8 Å². The van der Waals surface area contributed by atoms with Crippen molar-refractivity contribution in [3.63, 3.8) is 0 Å². The highest BCUT2D eigenvalue weighted by Gasteiger charge is 2.11. The first-order valence-corrected chi connectivity index (χ1v) is 6.71. The summed E-state index contributed by atoms with van der Waals surface area (Å²) in [5.74, 6) is -0.636. The van der Waals surface area contributed by atoms with Crippen LogP contribution in [-0.4, -0.2) is 18.2 Å². The van der Waals surface area contributed by atoms with Gasteiger partial charge in [0.2, 0.25) is 0 Å². The minimum Gasteiger partial charge on any atom is -0.870 e. The minimum atomic E-state index is -0.619. The van der Waals surface area contributed by atoms with Gasteiger partial charge in [0.25, 0.3) is 5.69 Å². The van der Waals surface area contributed by atoms with Crippen LogP contribution in [0.4, 0.5) is 11.4 Å². The Morgan fingerprint density at radius 2 is 2.05 bits per heavy atom. The van der Waals surface area contributed by atoms with Gasteiger partial charge in [0.05, 0.1) is 33.8 Å². The van der Waals surface area contributed by atoms with Gasteiger partial charge in [0, 0.05) is 12.3 Å². The lowest BCUT2D eigenvalue weighted by atomic mass is 10.1. The molecule has 2 aromatic rings. The number of methoxy groups -OCH3 is 1. The van der Waals surface area contributed by atoms with Crippen LogP contribution < -0.4 is 9.84 Å². The van der Waals surface area contributed by atoms with Crippen LogP contribution in [0.15, 0.2) is 35.3 Å². The summed E-state index contributed by atoms with van der Waals surface area (Å²) in [7, 11) is 1.26. The highest BCUT2D eigenvalue weighted by Crippen LogP contribution is 2.34. The van der Waals surface area contributed by atoms with Crippen molar-refractivity contribution >= 4 is 40.8 Å². The summed E-state index contributed by atoms with van der Waals surface area (Å²) in [5, 5.41) is 23.5. The highest BCUT2D eigenvalue weighted by molar-refractivity contribution is 6.43. The molecule has 22 heavy (non-hydrogen) atoms. The lowest BCUT2D eigenvalue weighted by molar-refractivity contribution is -0.385. The molecule has 0 spiro atoms. The van der Waals surface area contributed by atoms with Crippen LogP contribution in [0.3, 0.4) is 0 Å². The molecule has 0 bridgehead atoms. The largest absolute Gasteiger partial charge is 0.870 e. The third kappa shape index (κ3) is 3.29. The second-order valence-electron chi connectivity index (χ2n) is 4.15. The smallest absolute Gasteiger partial charge is 0.273 e. The van der Waals surface area contributed by atoms with Crippen molar-refractivity contribution in [2.45, 2.75) is 0 Å². The Bertz CT molecular complexity index is 763. The average Bonchev–Trinajstić information content (AvgIpc) is 2.49. The van der Waals surface area contributed by atoms with Crippen LogP contribution in [0, 0.1) is 10.1 Å². The van der Waals surface area contributed by atoms with Crippen molar-refractivity contribution in [3.05, 3.63) is 56.1 Å². The lowest BCUT2D eigenvalue weighted by Gasteiger charge is -2.15. The van der Waals surface area contributed by atoms with Gasteiger partial charge in [0.15, 0.2) is 0 Å². The van der Waals surface area contributed by atoms with Crippen LogP contribution >= 0.6 is 23.2 Å². The number of nitrogens with zero attached hydrogens (tertiary/aromatic N) is 2. The third-order valence-electron chi connectivity index (χ3n) is 2.77. The Morgan fingerprint density at radius 1 is 1.32 bits per heavy atom. The van der Waals surface area contributed by atoms with E-state index in [0.29, 0.717) is 10.7 Å². The molecule has 2 rings (SSSR count). The lowest BCUT2D eigenvalue weighted by Crippen LogP contribution is -2.02. The maximum atomic E-state index is 12.1. The molecule has 114 valence electrons. The number of rotatable bonds is 4. The summed E-state index contributed by atoms with van der Waals surface area (Å²) in [6.07, 6.45) is 1.19. The quantitative estimate of drug-likeness (QED) is 0.482. The first-order valence-electron chi connectivity index (χ1n) is 5.95. The van der Waals surface area contributed by atoms with E-state index in [0.717, 1.165) is 12.1 Å². The first-order chi connectivity index (χ1) is 10.4. The Hall–Kier alpha value is -2.31. The zero-order chi connectivity index (χ0) is 16.3. The molecule has 6 nitrogen and oxygen atoms in total. The molecule has 0 aliphatic rings. The second-order valence-corrected chi connectivity index (χ2v) is 4.94. The van der Waals surface area contributed by atoms with E-state index in [-0.39, 0.29) is 22.0 Å². The number of hydrogen-bond acceptors (Lipinski definition) is 5. The van der Waals surface area contributed by atoms with E-state index in [2.05, 4.69) is 4.99 Å². The number of hydrogen-bond donors (Lipinski definition) is 0. The molecule has 0 atom stereocenters. The number of halogens is 2. The van der Waals surface area contributed by atoms with E-state index in [9.17, 15) is 15.2 Å². The summed E-state index contributed by atoms with van der Waals surface area (Å²) < 4.78 is 4.85. The van der Waals surface area contributed by atoms with Gasteiger partial charge >= 0.3 is 0 Å². The number of nitro groups is 1. The van der Waals surface area contributed by atoms with Gasteiger partial charge in [-0.25, -0.2) is 0 Å². The molecule has 0 unspecified atom stereocenters. The number of aliphatic imine (C=N–C) groups is 1. The molecule has 0 fully saturated rings. The van der Waals surface area contributed by atoms with Gasteiger partial charge in [0.1, 0.15) is 5.75 Å². The molecular weight excluding hydrogens is 331 g/mol. The molecular formula is C14H9Cl2N2O4-. The van der Waals surface area contributed by atoms with Crippen LogP contribution in [0.2, 0.25) is 10.0 Å². The maximum absolute atomic E-state index is 12.1. The van der Waals surface area contributed by atoms with Crippen molar-refractivity contribution in [2.24, 2.45) is 4.99 Å². The Balaban J connectivity index is 2.48. The Kier molecular flexibility index (Phi) is 4.85. The van der Waals surface area contributed by atoms with Crippen LogP contribution in [0.1, 0.15) is 5.56 Å². The zero-order valence-electron chi connectivity index (χ0n) is 11.2. The van der Waals surface area contributed by atoms with E-state index < -0.39 is 10.7 Å². The van der Waals surface area contributed by atoms with Crippen LogP contribution in [-0.2, 0) is 0 Å². The highest BCUT2D eigenvalue weighted by atomic mass is 35.5. The molecule has 0 heterocycles. The summed E-state index contributed by atoms with van der Waals surface area (Å²) in [6, 6.07) is 7.02. The normalized spacial score (nSPS) is 10.9. The van der Waals surface area contributed by atoms with Gasteiger partial charge in [-0.05, 0) is 17.7 Å². The van der Waals surface area contributed by atoms with E-state index >= 15 is 0 Å². The van der Waals surface area contributed by atoms with Gasteiger partial charge in [-0.3, -0.25) is 15.1 Å². The fraction of sp³-hybridized carbons (Fsp3) is 0.0714. The van der Waals surface area contributed by atoms with Gasteiger partial charge in [-0.1, -0.05) is 35.0 Å². The SMILES string of the molecule is COc1cc([N+](=O)[O-])cc(C=Nc2cccc(Cl)c2Cl)c1[O-]. The van der Waals surface area contributed by atoms with Gasteiger partial charge in [-0.2, -0.15) is 0 Å². The predicted octanol–water partition coefficient (Wildman–Crippen LogP) is 3.73. The van der Waals surface area contributed by atoms with E-state index in [1.165, 1.54) is 13.3 Å². The molecule has 8 heteroatoms. The molecule has 0 aliphatic heterocycles. The minimum absolute atomic E-state index is 0.0158. The Morgan fingerprint density at radius 3 is 2.68 bits per heavy atom. The molecule has 0 amide bonds. The molecule has 2 aromatic carbocycles. The summed E-state index contributed by atoms with van der Waals surface area (Å²) in [5.41, 5.74) is 0.0937. The summed E-state index contributed by atoms with van der Waals surface area (Å²) in [4.78, 5) is 14.3. The first kappa shape index (κ1) is 16.1. The monoisotopic (exact) mass is 339 g/mol. The number of non-ortho nitro benzene ring substituents is 1. The van der Waals surface area contributed by atoms with Gasteiger partial charge in [-0.15, -0.1) is 0 Å². The van der Waals surface area contributed by atoms with E-state index in [1.54, 1.807) is 18.2 Å². The fourth-order valence-electron chi connectivity index (χ4n) is 1.69. The van der Waals surface area contributed by atoms with Crippen molar-refractivity contribution in [3.8, 4) is 11.5 Å². The van der Waals surface area contributed by atoms with E-state index in [4.69, 9.17) is 27.9 Å². The third-order valence-corrected chi connectivity index (χ3v) is 3.58. The van der Waals surface area contributed by atoms with Gasteiger partial charge < -0.3 is 9.84 Å².